The summed E-state index contributed by atoms with van der Waals surface area (Å²) in [5, 5.41) is 10.3. The van der Waals surface area contributed by atoms with Gasteiger partial charge in [-0.15, -0.1) is 5.10 Å². The molecule has 3 nitrogen and oxygen atoms in total. The maximum atomic E-state index is 6.02. The van der Waals surface area contributed by atoms with Gasteiger partial charge in [-0.1, -0.05) is 35.1 Å². The summed E-state index contributed by atoms with van der Waals surface area (Å²) in [6, 6.07) is 7.93. The third-order valence-corrected chi connectivity index (χ3v) is 3.21. The Bertz CT molecular complexity index is 459. The molecule has 1 N–H and O–H groups in total. The molecule has 90 valence electrons. The Balaban J connectivity index is 2.27. The largest absolute Gasteiger partial charge is 0.305 e. The van der Waals surface area contributed by atoms with E-state index >= 15 is 0 Å². The molecular weight excluding hydrogens is 254 g/mol. The van der Waals surface area contributed by atoms with Gasteiger partial charge in [0.25, 0.3) is 0 Å². The molecule has 1 unspecified atom stereocenters. The molecule has 1 aromatic carbocycles. The number of aromatic nitrogens is 2. The third-order valence-electron chi connectivity index (χ3n) is 2.45. The minimum Gasteiger partial charge on any atom is -0.305 e. The highest BCUT2D eigenvalue weighted by Crippen LogP contribution is 2.23. The summed E-state index contributed by atoms with van der Waals surface area (Å²) < 4.78 is 3.92. The number of hydrogen-bond acceptors (Lipinski definition) is 4. The summed E-state index contributed by atoms with van der Waals surface area (Å²) in [6.45, 7) is 3.08. The Hall–Kier alpha value is -0.970. The minimum atomic E-state index is 0.0763. The van der Waals surface area contributed by atoms with Crippen molar-refractivity contribution < 1.29 is 0 Å². The van der Waals surface area contributed by atoms with Crippen molar-refractivity contribution in [1.29, 1.82) is 0 Å². The Morgan fingerprint density at radius 1 is 1.47 bits per heavy atom. The van der Waals surface area contributed by atoms with Gasteiger partial charge in [0.05, 0.1) is 11.7 Å². The van der Waals surface area contributed by atoms with Crippen LogP contribution in [0.5, 0.6) is 0 Å². The lowest BCUT2D eigenvalue weighted by Gasteiger charge is -2.16. The average Bonchev–Trinajstić information content (AvgIpc) is 2.83. The van der Waals surface area contributed by atoms with Crippen LogP contribution in [0.3, 0.4) is 0 Å². The molecule has 0 aliphatic heterocycles. The lowest BCUT2D eigenvalue weighted by molar-refractivity contribution is 0.585. The minimum absolute atomic E-state index is 0.0763. The molecule has 0 fully saturated rings. The maximum absolute atomic E-state index is 6.02. The van der Waals surface area contributed by atoms with Crippen molar-refractivity contribution >= 4 is 23.1 Å². The molecule has 0 amide bonds. The van der Waals surface area contributed by atoms with E-state index in [4.69, 9.17) is 11.6 Å². The zero-order valence-corrected chi connectivity index (χ0v) is 11.1. The van der Waals surface area contributed by atoms with Crippen molar-refractivity contribution in [2.24, 2.45) is 0 Å². The first-order valence-corrected chi connectivity index (χ1v) is 6.78. The number of benzene rings is 1. The molecule has 0 spiro atoms. The predicted molar refractivity (Wildman–Crippen MR) is 71.5 cm³/mol. The summed E-state index contributed by atoms with van der Waals surface area (Å²) >= 11 is 7.39. The number of nitrogens with zero attached hydrogens (tertiary/aromatic N) is 2. The van der Waals surface area contributed by atoms with E-state index in [1.807, 2.05) is 23.6 Å². The second kappa shape index (κ2) is 6.10. The molecule has 2 aromatic rings. The van der Waals surface area contributed by atoms with Crippen LogP contribution in [0, 0.1) is 0 Å². The van der Waals surface area contributed by atoms with Crippen molar-refractivity contribution in [2.75, 3.05) is 6.54 Å². The first-order chi connectivity index (χ1) is 8.31. The molecule has 0 radical (unpaired) electrons. The maximum Gasteiger partial charge on any atom is 0.0970 e. The molecule has 17 heavy (non-hydrogen) atoms. The van der Waals surface area contributed by atoms with E-state index in [2.05, 4.69) is 27.9 Å². The molecule has 0 saturated heterocycles. The van der Waals surface area contributed by atoms with Crippen molar-refractivity contribution in [3.05, 3.63) is 45.9 Å². The van der Waals surface area contributed by atoms with E-state index in [-0.39, 0.29) is 6.04 Å². The lowest BCUT2D eigenvalue weighted by atomic mass is 10.0. The first kappa shape index (κ1) is 12.5. The fraction of sp³-hybridized carbons (Fsp3) is 0.333. The molecule has 1 heterocycles. The van der Waals surface area contributed by atoms with Gasteiger partial charge < -0.3 is 5.32 Å². The number of hydrogen-bond donors (Lipinski definition) is 1. The van der Waals surface area contributed by atoms with Gasteiger partial charge in [0.15, 0.2) is 0 Å². The van der Waals surface area contributed by atoms with Gasteiger partial charge >= 0.3 is 0 Å². The summed E-state index contributed by atoms with van der Waals surface area (Å²) in [4.78, 5) is 0. The van der Waals surface area contributed by atoms with Crippen LogP contribution in [0.4, 0.5) is 0 Å². The van der Waals surface area contributed by atoms with Crippen LogP contribution in [-0.2, 0) is 0 Å². The van der Waals surface area contributed by atoms with E-state index in [0.717, 1.165) is 29.2 Å². The molecule has 0 aliphatic rings. The van der Waals surface area contributed by atoms with Crippen LogP contribution in [-0.4, -0.2) is 16.1 Å². The van der Waals surface area contributed by atoms with Gasteiger partial charge in [0.1, 0.15) is 0 Å². The van der Waals surface area contributed by atoms with Gasteiger partial charge in [-0.25, -0.2) is 0 Å². The van der Waals surface area contributed by atoms with Gasteiger partial charge in [-0.2, -0.15) is 0 Å². The van der Waals surface area contributed by atoms with Gasteiger partial charge in [0.2, 0.25) is 0 Å². The standard InChI is InChI=1S/C12H14ClN3S/c1-2-6-14-12(11-8-17-16-15-11)9-4-3-5-10(13)7-9/h3-5,7-8,12,14H,2,6H2,1H3. The van der Waals surface area contributed by atoms with E-state index in [1.54, 1.807) is 0 Å². The van der Waals surface area contributed by atoms with Crippen LogP contribution in [0.1, 0.15) is 30.6 Å². The normalized spacial score (nSPS) is 12.6. The Labute approximate surface area is 110 Å². The SMILES string of the molecule is CCCNC(c1cccc(Cl)c1)c1csnn1. The number of nitrogens with one attached hydrogen (secondary N) is 1. The smallest absolute Gasteiger partial charge is 0.0970 e. The fourth-order valence-electron chi connectivity index (χ4n) is 1.67. The van der Waals surface area contributed by atoms with Crippen LogP contribution >= 0.6 is 23.1 Å². The molecule has 1 atom stereocenters. The Morgan fingerprint density at radius 3 is 3.00 bits per heavy atom. The summed E-state index contributed by atoms with van der Waals surface area (Å²) in [7, 11) is 0. The van der Waals surface area contributed by atoms with Crippen molar-refractivity contribution in [2.45, 2.75) is 19.4 Å². The first-order valence-electron chi connectivity index (χ1n) is 5.57. The van der Waals surface area contributed by atoms with E-state index < -0.39 is 0 Å². The number of halogens is 1. The highest BCUT2D eigenvalue weighted by Gasteiger charge is 2.15. The number of rotatable bonds is 5. The second-order valence-electron chi connectivity index (χ2n) is 3.77. The van der Waals surface area contributed by atoms with Gasteiger partial charge in [-0.05, 0) is 42.2 Å². The summed E-state index contributed by atoms with van der Waals surface area (Å²) in [5.41, 5.74) is 2.07. The van der Waals surface area contributed by atoms with Crippen LogP contribution in [0.25, 0.3) is 0 Å². The van der Waals surface area contributed by atoms with E-state index in [9.17, 15) is 0 Å². The molecule has 2 rings (SSSR count). The van der Waals surface area contributed by atoms with Crippen LogP contribution in [0.2, 0.25) is 5.02 Å². The Morgan fingerprint density at radius 2 is 2.35 bits per heavy atom. The third kappa shape index (κ3) is 3.25. The highest BCUT2D eigenvalue weighted by molar-refractivity contribution is 7.03. The molecule has 0 saturated carbocycles. The van der Waals surface area contributed by atoms with Crippen LogP contribution in [0.15, 0.2) is 29.6 Å². The second-order valence-corrected chi connectivity index (χ2v) is 4.82. The monoisotopic (exact) mass is 267 g/mol. The quantitative estimate of drug-likeness (QED) is 0.903. The molecular formula is C12H14ClN3S. The van der Waals surface area contributed by atoms with Crippen LogP contribution < -0.4 is 5.32 Å². The molecule has 5 heteroatoms. The zero-order valence-electron chi connectivity index (χ0n) is 9.56. The molecule has 0 bridgehead atoms. The predicted octanol–water partition coefficient (Wildman–Crippen LogP) is 3.28. The average molecular weight is 268 g/mol. The van der Waals surface area contributed by atoms with Gasteiger partial charge in [0, 0.05) is 10.4 Å². The van der Waals surface area contributed by atoms with Crippen molar-refractivity contribution in [3.8, 4) is 0 Å². The van der Waals surface area contributed by atoms with Crippen molar-refractivity contribution in [1.82, 2.24) is 14.9 Å². The van der Waals surface area contributed by atoms with Crippen molar-refractivity contribution in [3.63, 3.8) is 0 Å². The highest BCUT2D eigenvalue weighted by atomic mass is 35.5. The van der Waals surface area contributed by atoms with E-state index in [1.165, 1.54) is 11.5 Å². The fourth-order valence-corrected chi connectivity index (χ4v) is 2.34. The molecule has 1 aromatic heterocycles. The Kier molecular flexibility index (Phi) is 4.48. The van der Waals surface area contributed by atoms with E-state index in [0.29, 0.717) is 0 Å². The summed E-state index contributed by atoms with van der Waals surface area (Å²) in [6.07, 6.45) is 1.08. The molecule has 0 aliphatic carbocycles. The topological polar surface area (TPSA) is 37.8 Å². The summed E-state index contributed by atoms with van der Waals surface area (Å²) in [5.74, 6) is 0. The van der Waals surface area contributed by atoms with Gasteiger partial charge in [-0.3, -0.25) is 0 Å². The lowest BCUT2D eigenvalue weighted by Crippen LogP contribution is -2.23. The zero-order chi connectivity index (χ0) is 12.1.